The Labute approximate surface area is 131 Å². The van der Waals surface area contributed by atoms with Crippen LogP contribution < -0.4 is 16.0 Å². The van der Waals surface area contributed by atoms with Crippen LogP contribution in [0.4, 0.5) is 0 Å². The molecule has 2 aromatic heterocycles. The molecule has 0 spiro atoms. The van der Waals surface area contributed by atoms with Crippen molar-refractivity contribution in [3.8, 4) is 11.4 Å². The lowest BCUT2D eigenvalue weighted by atomic mass is 10.3. The predicted octanol–water partition coefficient (Wildman–Crippen LogP) is 1.23. The standard InChI is InChI=1S/C16H16N4O3/c1-3-4-8-20-16(22)19-10-9-18(15(21)14(19)17-20)12-6-5-7-13(11-12)23-2/h3,5-7,9-11H,1,4,8H2,2H3. The molecule has 3 rings (SSSR count). The normalized spacial score (nSPS) is 10.8. The molecule has 0 aliphatic carbocycles. The molecule has 0 saturated heterocycles. The molecule has 2 heterocycles. The van der Waals surface area contributed by atoms with Crippen molar-refractivity contribution in [3.05, 3.63) is 70.2 Å². The summed E-state index contributed by atoms with van der Waals surface area (Å²) >= 11 is 0. The van der Waals surface area contributed by atoms with Gasteiger partial charge in [-0.05, 0) is 18.6 Å². The molecule has 0 fully saturated rings. The number of aryl methyl sites for hydroxylation is 1. The predicted molar refractivity (Wildman–Crippen MR) is 86.4 cm³/mol. The van der Waals surface area contributed by atoms with Crippen LogP contribution in [-0.4, -0.2) is 25.9 Å². The number of hydrogen-bond acceptors (Lipinski definition) is 4. The van der Waals surface area contributed by atoms with E-state index < -0.39 is 0 Å². The van der Waals surface area contributed by atoms with Gasteiger partial charge >= 0.3 is 11.2 Å². The van der Waals surface area contributed by atoms with Gasteiger partial charge in [0.1, 0.15) is 5.75 Å². The fourth-order valence-corrected chi connectivity index (χ4v) is 2.33. The van der Waals surface area contributed by atoms with Crippen LogP contribution >= 0.6 is 0 Å². The number of nitrogens with zero attached hydrogens (tertiary/aromatic N) is 4. The minimum atomic E-state index is -0.366. The number of ether oxygens (including phenoxy) is 1. The molecule has 7 heteroatoms. The zero-order valence-electron chi connectivity index (χ0n) is 12.7. The van der Waals surface area contributed by atoms with Crippen LogP contribution in [0.2, 0.25) is 0 Å². The highest BCUT2D eigenvalue weighted by atomic mass is 16.5. The van der Waals surface area contributed by atoms with E-state index >= 15 is 0 Å². The summed E-state index contributed by atoms with van der Waals surface area (Å²) in [4.78, 5) is 24.8. The van der Waals surface area contributed by atoms with Crippen molar-refractivity contribution in [1.29, 1.82) is 0 Å². The maximum Gasteiger partial charge on any atom is 0.350 e. The molecule has 0 bridgehead atoms. The number of hydrogen-bond donors (Lipinski definition) is 0. The lowest BCUT2D eigenvalue weighted by Gasteiger charge is -2.07. The Morgan fingerprint density at radius 2 is 2.13 bits per heavy atom. The first-order chi connectivity index (χ1) is 11.2. The Hall–Kier alpha value is -3.09. The summed E-state index contributed by atoms with van der Waals surface area (Å²) in [7, 11) is 1.56. The van der Waals surface area contributed by atoms with E-state index in [1.165, 1.54) is 19.8 Å². The average Bonchev–Trinajstić information content (AvgIpc) is 2.90. The van der Waals surface area contributed by atoms with E-state index in [0.29, 0.717) is 24.4 Å². The van der Waals surface area contributed by atoms with Crippen LogP contribution in [0, 0.1) is 0 Å². The van der Waals surface area contributed by atoms with Crippen molar-refractivity contribution in [1.82, 2.24) is 18.7 Å². The fraction of sp³-hybridized carbons (Fsp3) is 0.188. The van der Waals surface area contributed by atoms with Crippen LogP contribution in [0.1, 0.15) is 6.42 Å². The second-order valence-electron chi connectivity index (χ2n) is 4.95. The highest BCUT2D eigenvalue weighted by Gasteiger charge is 2.12. The van der Waals surface area contributed by atoms with E-state index in [1.54, 1.807) is 43.6 Å². The van der Waals surface area contributed by atoms with E-state index in [0.717, 1.165) is 0 Å². The van der Waals surface area contributed by atoms with Gasteiger partial charge in [0.2, 0.25) is 5.65 Å². The molecule has 0 unspecified atom stereocenters. The number of allylic oxidation sites excluding steroid dienone is 1. The quantitative estimate of drug-likeness (QED) is 0.664. The number of methoxy groups -OCH3 is 1. The lowest BCUT2D eigenvalue weighted by molar-refractivity contribution is 0.414. The Morgan fingerprint density at radius 1 is 1.30 bits per heavy atom. The van der Waals surface area contributed by atoms with Crippen molar-refractivity contribution in [2.24, 2.45) is 0 Å². The second kappa shape index (κ2) is 5.96. The third kappa shape index (κ3) is 2.57. The SMILES string of the molecule is C=CCCn1nc2c(=O)n(-c3cccc(OC)c3)ccn2c1=O. The van der Waals surface area contributed by atoms with Gasteiger partial charge in [0.25, 0.3) is 0 Å². The molecule has 0 N–H and O–H groups in total. The second-order valence-corrected chi connectivity index (χ2v) is 4.95. The summed E-state index contributed by atoms with van der Waals surface area (Å²) in [5, 5.41) is 4.13. The van der Waals surface area contributed by atoms with Crippen molar-refractivity contribution in [2.45, 2.75) is 13.0 Å². The topological polar surface area (TPSA) is 70.5 Å². The smallest absolute Gasteiger partial charge is 0.350 e. The molecule has 1 aromatic carbocycles. The highest BCUT2D eigenvalue weighted by molar-refractivity contribution is 5.43. The summed E-state index contributed by atoms with van der Waals surface area (Å²) in [5.74, 6) is 0.642. The van der Waals surface area contributed by atoms with Gasteiger partial charge in [0.05, 0.1) is 12.8 Å². The highest BCUT2D eigenvalue weighted by Crippen LogP contribution is 2.14. The van der Waals surface area contributed by atoms with Gasteiger partial charge in [0, 0.05) is 25.0 Å². The Bertz CT molecular complexity index is 981. The van der Waals surface area contributed by atoms with E-state index in [-0.39, 0.29) is 16.9 Å². The monoisotopic (exact) mass is 312 g/mol. The molecular weight excluding hydrogens is 296 g/mol. The summed E-state index contributed by atoms with van der Waals surface area (Å²) in [6, 6.07) is 7.11. The van der Waals surface area contributed by atoms with Gasteiger partial charge < -0.3 is 4.74 Å². The van der Waals surface area contributed by atoms with E-state index in [4.69, 9.17) is 4.74 Å². The number of benzene rings is 1. The minimum Gasteiger partial charge on any atom is -0.497 e. The Morgan fingerprint density at radius 3 is 2.87 bits per heavy atom. The average molecular weight is 312 g/mol. The van der Waals surface area contributed by atoms with E-state index in [9.17, 15) is 9.59 Å². The molecule has 0 amide bonds. The van der Waals surface area contributed by atoms with Gasteiger partial charge in [-0.25, -0.2) is 13.9 Å². The molecule has 118 valence electrons. The Balaban J connectivity index is 2.17. The zero-order chi connectivity index (χ0) is 16.4. The molecule has 7 nitrogen and oxygen atoms in total. The molecule has 0 radical (unpaired) electrons. The zero-order valence-corrected chi connectivity index (χ0v) is 12.7. The fourth-order valence-electron chi connectivity index (χ4n) is 2.33. The molecule has 23 heavy (non-hydrogen) atoms. The Kier molecular flexibility index (Phi) is 3.84. The van der Waals surface area contributed by atoms with Crippen LogP contribution in [0.25, 0.3) is 11.3 Å². The lowest BCUT2D eigenvalue weighted by Crippen LogP contribution is -2.24. The van der Waals surface area contributed by atoms with Gasteiger partial charge in [-0.1, -0.05) is 12.1 Å². The van der Waals surface area contributed by atoms with E-state index in [2.05, 4.69) is 11.7 Å². The molecule has 0 saturated carbocycles. The third-order valence-electron chi connectivity index (χ3n) is 3.52. The van der Waals surface area contributed by atoms with E-state index in [1.807, 2.05) is 0 Å². The summed E-state index contributed by atoms with van der Waals surface area (Å²) < 4.78 is 9.13. The maximum absolute atomic E-state index is 12.6. The molecule has 0 aliphatic heterocycles. The first kappa shape index (κ1) is 14.8. The van der Waals surface area contributed by atoms with Gasteiger partial charge in [-0.3, -0.25) is 9.36 Å². The maximum atomic E-state index is 12.6. The van der Waals surface area contributed by atoms with Crippen molar-refractivity contribution in [2.75, 3.05) is 7.11 Å². The molecule has 3 aromatic rings. The number of rotatable bonds is 5. The molecule has 0 aliphatic rings. The molecule has 0 atom stereocenters. The number of aromatic nitrogens is 4. The summed E-state index contributed by atoms with van der Waals surface area (Å²) in [5.41, 5.74) is 0.0290. The van der Waals surface area contributed by atoms with Gasteiger partial charge in [-0.2, -0.15) is 0 Å². The third-order valence-corrected chi connectivity index (χ3v) is 3.52. The summed E-state index contributed by atoms with van der Waals surface area (Å²) in [6.07, 6.45) is 5.39. The molecular formula is C16H16N4O3. The van der Waals surface area contributed by atoms with Crippen LogP contribution in [0.3, 0.4) is 0 Å². The van der Waals surface area contributed by atoms with Crippen LogP contribution in [0.5, 0.6) is 5.75 Å². The summed E-state index contributed by atoms with van der Waals surface area (Å²) in [6.45, 7) is 4.01. The first-order valence-electron chi connectivity index (χ1n) is 7.12. The van der Waals surface area contributed by atoms with Crippen LogP contribution in [-0.2, 0) is 6.54 Å². The first-order valence-corrected chi connectivity index (χ1v) is 7.12. The van der Waals surface area contributed by atoms with Crippen LogP contribution in [0.15, 0.2) is 58.9 Å². The van der Waals surface area contributed by atoms with Gasteiger partial charge in [0.15, 0.2) is 0 Å². The number of fused-ring (bicyclic) bond motifs is 1. The largest absolute Gasteiger partial charge is 0.497 e. The van der Waals surface area contributed by atoms with Crippen molar-refractivity contribution >= 4 is 5.65 Å². The van der Waals surface area contributed by atoms with Gasteiger partial charge in [-0.15, -0.1) is 11.7 Å². The van der Waals surface area contributed by atoms with Crippen molar-refractivity contribution < 1.29 is 4.74 Å². The minimum absolute atomic E-state index is 0.0874. The van der Waals surface area contributed by atoms with Crippen molar-refractivity contribution in [3.63, 3.8) is 0 Å².